The largest absolute Gasteiger partial charge is 0.408 e. The Morgan fingerprint density at radius 3 is 2.55 bits per heavy atom. The maximum atomic E-state index is 11.1. The van der Waals surface area contributed by atoms with E-state index < -0.39 is 10.7 Å². The second-order valence-corrected chi connectivity index (χ2v) is 6.10. The number of halogens is 1. The van der Waals surface area contributed by atoms with Crippen LogP contribution in [-0.2, 0) is 0 Å². The van der Waals surface area contributed by atoms with Crippen molar-refractivity contribution >= 4 is 44.2 Å². The number of nitro groups is 1. The van der Waals surface area contributed by atoms with Crippen LogP contribution >= 0.6 is 33.4 Å². The van der Waals surface area contributed by atoms with E-state index >= 15 is 0 Å². The summed E-state index contributed by atoms with van der Waals surface area (Å²) in [5.41, 5.74) is 2.42. The molecule has 20 heavy (non-hydrogen) atoms. The van der Waals surface area contributed by atoms with Gasteiger partial charge in [0, 0.05) is 0 Å². The van der Waals surface area contributed by atoms with Gasteiger partial charge in [-0.2, -0.15) is 4.40 Å². The summed E-state index contributed by atoms with van der Waals surface area (Å²) in [5, 5.41) is 18.9. The fourth-order valence-corrected chi connectivity index (χ4v) is 3.73. The van der Waals surface area contributed by atoms with Gasteiger partial charge in [0.2, 0.25) is 0 Å². The fraction of sp³-hybridized carbons (Fsp3) is 0.182. The molecule has 0 N–H and O–H groups in total. The first-order valence-electron chi connectivity index (χ1n) is 5.45. The first-order valence-corrected chi connectivity index (χ1v) is 7.93. The van der Waals surface area contributed by atoms with E-state index in [-0.39, 0.29) is 10.1 Å². The normalized spacial score (nSPS) is 17.4. The molecule has 6 nitrogen and oxygen atoms in total. The second kappa shape index (κ2) is 6.38. The maximum absolute atomic E-state index is 11.1. The molecule has 1 aromatic carbocycles. The van der Waals surface area contributed by atoms with Crippen molar-refractivity contribution in [2.24, 2.45) is 14.6 Å². The minimum absolute atomic E-state index is 0.0761. The van der Waals surface area contributed by atoms with Crippen molar-refractivity contribution in [3.8, 4) is 0 Å². The highest BCUT2D eigenvalue weighted by molar-refractivity contribution is 8.78. The molecular formula is C11H9ClN4O2S2. The SMILES string of the molecule is Cc1cccc(C)c1N=N/C(=C1/SSN=C1Cl)[N+](=O)[O-]. The first kappa shape index (κ1) is 15.0. The van der Waals surface area contributed by atoms with Crippen molar-refractivity contribution in [3.05, 3.63) is 50.2 Å². The standard InChI is InChI=1S/C11H9ClN4O2S2/c1-6-4-3-5-7(2)8(6)13-14-11(16(17)18)9-10(12)15-20-19-9/h3-5H,1-2H3/b11-9-,14-13?. The lowest BCUT2D eigenvalue weighted by Gasteiger charge is -2.00. The summed E-state index contributed by atoms with van der Waals surface area (Å²) in [7, 11) is 2.17. The molecule has 2 rings (SSSR count). The molecular weight excluding hydrogens is 320 g/mol. The molecule has 0 atom stereocenters. The summed E-state index contributed by atoms with van der Waals surface area (Å²) in [5.74, 6) is -0.392. The smallest absolute Gasteiger partial charge is 0.358 e. The molecule has 0 amide bonds. The number of hydrogen-bond acceptors (Lipinski definition) is 7. The number of allylic oxidation sites excluding steroid dienone is 1. The number of hydrogen-bond donors (Lipinski definition) is 0. The van der Waals surface area contributed by atoms with Crippen molar-refractivity contribution in [1.29, 1.82) is 0 Å². The molecule has 9 heteroatoms. The fourth-order valence-electron chi connectivity index (χ4n) is 1.52. The lowest BCUT2D eigenvalue weighted by atomic mass is 10.1. The number of aryl methyl sites for hydroxylation is 2. The van der Waals surface area contributed by atoms with Crippen molar-refractivity contribution in [1.82, 2.24) is 0 Å². The van der Waals surface area contributed by atoms with Gasteiger partial charge in [0.15, 0.2) is 10.1 Å². The summed E-state index contributed by atoms with van der Waals surface area (Å²) in [6.07, 6.45) is 0. The van der Waals surface area contributed by atoms with E-state index in [4.69, 9.17) is 11.6 Å². The Morgan fingerprint density at radius 1 is 1.40 bits per heavy atom. The molecule has 0 fully saturated rings. The van der Waals surface area contributed by atoms with E-state index in [1.807, 2.05) is 32.0 Å². The zero-order chi connectivity index (χ0) is 14.7. The predicted molar refractivity (Wildman–Crippen MR) is 82.9 cm³/mol. The van der Waals surface area contributed by atoms with Crippen LogP contribution in [-0.4, -0.2) is 10.1 Å². The van der Waals surface area contributed by atoms with Crippen LogP contribution in [0.2, 0.25) is 0 Å². The molecule has 104 valence electrons. The van der Waals surface area contributed by atoms with Gasteiger partial charge in [0.05, 0.1) is 16.1 Å². The summed E-state index contributed by atoms with van der Waals surface area (Å²) < 4.78 is 3.81. The van der Waals surface area contributed by atoms with E-state index in [1.54, 1.807) is 0 Å². The molecule has 0 aromatic heterocycles. The third-order valence-corrected chi connectivity index (χ3v) is 4.79. The van der Waals surface area contributed by atoms with Gasteiger partial charge in [-0.1, -0.05) is 29.8 Å². The van der Waals surface area contributed by atoms with Crippen molar-refractivity contribution in [2.45, 2.75) is 13.8 Å². The van der Waals surface area contributed by atoms with Gasteiger partial charge in [0.25, 0.3) is 0 Å². The Bertz CT molecular complexity index is 638. The quantitative estimate of drug-likeness (QED) is 0.263. The van der Waals surface area contributed by atoms with Crippen molar-refractivity contribution < 1.29 is 4.92 Å². The van der Waals surface area contributed by atoms with Gasteiger partial charge in [-0.05, 0) is 45.8 Å². The lowest BCUT2D eigenvalue weighted by molar-refractivity contribution is -0.426. The third-order valence-electron chi connectivity index (χ3n) is 2.49. The van der Waals surface area contributed by atoms with Gasteiger partial charge < -0.3 is 10.1 Å². The van der Waals surface area contributed by atoms with E-state index in [9.17, 15) is 10.1 Å². The molecule has 1 aromatic rings. The Kier molecular flexibility index (Phi) is 4.79. The van der Waals surface area contributed by atoms with Crippen LogP contribution in [0.5, 0.6) is 0 Å². The maximum Gasteiger partial charge on any atom is 0.408 e. The number of rotatable bonds is 3. The van der Waals surface area contributed by atoms with Crippen LogP contribution in [0.3, 0.4) is 0 Å². The zero-order valence-corrected chi connectivity index (χ0v) is 12.9. The highest BCUT2D eigenvalue weighted by Gasteiger charge is 2.27. The summed E-state index contributed by atoms with van der Waals surface area (Å²) >= 11 is 5.81. The monoisotopic (exact) mass is 328 g/mol. The molecule has 0 aliphatic carbocycles. The van der Waals surface area contributed by atoms with E-state index in [0.717, 1.165) is 32.9 Å². The molecule has 0 spiro atoms. The lowest BCUT2D eigenvalue weighted by Crippen LogP contribution is -2.01. The average molecular weight is 329 g/mol. The molecule has 1 heterocycles. The van der Waals surface area contributed by atoms with E-state index in [1.165, 1.54) is 0 Å². The molecule has 0 unspecified atom stereocenters. The molecule has 0 bridgehead atoms. The zero-order valence-electron chi connectivity index (χ0n) is 10.5. The van der Waals surface area contributed by atoms with Crippen molar-refractivity contribution in [3.63, 3.8) is 0 Å². The van der Waals surface area contributed by atoms with Gasteiger partial charge in [0.1, 0.15) is 5.69 Å². The van der Waals surface area contributed by atoms with Crippen LogP contribution < -0.4 is 0 Å². The first-order chi connectivity index (χ1) is 9.50. The molecule has 0 saturated carbocycles. The minimum atomic E-state index is -0.608. The highest BCUT2D eigenvalue weighted by Crippen LogP contribution is 2.42. The minimum Gasteiger partial charge on any atom is -0.358 e. The summed E-state index contributed by atoms with van der Waals surface area (Å²) in [6, 6.07) is 5.63. The Hall–Kier alpha value is -1.38. The number of nitrogens with zero attached hydrogens (tertiary/aromatic N) is 4. The van der Waals surface area contributed by atoms with E-state index in [0.29, 0.717) is 5.69 Å². The number of benzene rings is 1. The van der Waals surface area contributed by atoms with Crippen LogP contribution in [0.1, 0.15) is 11.1 Å². The predicted octanol–water partition coefficient (Wildman–Crippen LogP) is 4.78. The molecule has 0 radical (unpaired) electrons. The van der Waals surface area contributed by atoms with Gasteiger partial charge in [-0.15, -0.1) is 0 Å². The van der Waals surface area contributed by atoms with Crippen LogP contribution in [0.15, 0.2) is 43.6 Å². The van der Waals surface area contributed by atoms with Crippen LogP contribution in [0.4, 0.5) is 5.69 Å². The number of azo groups is 1. The molecule has 1 aliphatic heterocycles. The summed E-state index contributed by atoms with van der Waals surface area (Å²) in [6.45, 7) is 3.74. The van der Waals surface area contributed by atoms with Gasteiger partial charge in [-0.3, -0.25) is 0 Å². The molecule has 0 saturated heterocycles. The van der Waals surface area contributed by atoms with Crippen LogP contribution in [0.25, 0.3) is 0 Å². The Morgan fingerprint density at radius 2 is 2.05 bits per heavy atom. The second-order valence-electron chi connectivity index (χ2n) is 3.89. The highest BCUT2D eigenvalue weighted by atomic mass is 35.5. The van der Waals surface area contributed by atoms with Gasteiger partial charge in [-0.25, -0.2) is 0 Å². The Labute approximate surface area is 128 Å². The van der Waals surface area contributed by atoms with Gasteiger partial charge >= 0.3 is 5.82 Å². The average Bonchev–Trinajstić information content (AvgIpc) is 2.79. The topological polar surface area (TPSA) is 80.2 Å². The third kappa shape index (κ3) is 3.20. The molecule has 1 aliphatic rings. The van der Waals surface area contributed by atoms with Crippen molar-refractivity contribution in [2.75, 3.05) is 0 Å². The summed E-state index contributed by atoms with van der Waals surface area (Å²) in [4.78, 5) is 10.7. The Balaban J connectivity index is 2.42. The van der Waals surface area contributed by atoms with Crippen LogP contribution in [0, 0.1) is 24.0 Å². The van der Waals surface area contributed by atoms with E-state index in [2.05, 4.69) is 14.6 Å².